The molecule has 1 aliphatic heterocycles. The van der Waals surface area contributed by atoms with Gasteiger partial charge in [0.1, 0.15) is 5.69 Å². The van der Waals surface area contributed by atoms with E-state index in [-0.39, 0.29) is 23.5 Å². The van der Waals surface area contributed by atoms with Gasteiger partial charge in [-0.1, -0.05) is 0 Å². The zero-order valence-electron chi connectivity index (χ0n) is 11.9. The quantitative estimate of drug-likeness (QED) is 0.842. The highest BCUT2D eigenvalue weighted by Gasteiger charge is 2.24. The second-order valence-corrected chi connectivity index (χ2v) is 4.96. The van der Waals surface area contributed by atoms with Gasteiger partial charge in [-0.3, -0.25) is 0 Å². The molecule has 21 heavy (non-hydrogen) atoms. The maximum atomic E-state index is 13.7. The first-order valence-electron chi connectivity index (χ1n) is 6.94. The molecule has 0 unspecified atom stereocenters. The molecule has 0 bridgehead atoms. The van der Waals surface area contributed by atoms with Crippen LogP contribution in [0.1, 0.15) is 19.8 Å². The Hall–Kier alpha value is -2.05. The van der Waals surface area contributed by atoms with Crippen molar-refractivity contribution in [3.63, 3.8) is 0 Å². The molecule has 1 saturated heterocycles. The standard InChI is InChI=1S/C14H19F2N3O2/c1-2-21-14(20)19-5-3-10(4-6-19)18-13-11(15)7-9(17)8-12(13)16/h7-8,10,18H,2-6,17H2,1H3. The van der Waals surface area contributed by atoms with Crippen LogP contribution >= 0.6 is 0 Å². The number of amides is 1. The number of carbonyl (C=O) groups is 1. The number of nitrogen functional groups attached to an aromatic ring is 1. The van der Waals surface area contributed by atoms with E-state index < -0.39 is 11.6 Å². The maximum Gasteiger partial charge on any atom is 0.409 e. The second kappa shape index (κ2) is 6.60. The summed E-state index contributed by atoms with van der Waals surface area (Å²) in [6, 6.07) is 2.07. The van der Waals surface area contributed by atoms with Crippen molar-refractivity contribution >= 4 is 17.5 Å². The van der Waals surface area contributed by atoms with Crippen molar-refractivity contribution in [2.45, 2.75) is 25.8 Å². The Morgan fingerprint density at radius 1 is 1.38 bits per heavy atom. The number of benzene rings is 1. The van der Waals surface area contributed by atoms with Gasteiger partial charge in [0.05, 0.1) is 6.61 Å². The highest BCUT2D eigenvalue weighted by Crippen LogP contribution is 2.25. The van der Waals surface area contributed by atoms with Crippen molar-refractivity contribution in [3.05, 3.63) is 23.8 Å². The van der Waals surface area contributed by atoms with Crippen LogP contribution in [0, 0.1) is 11.6 Å². The Kier molecular flexibility index (Phi) is 4.82. The fourth-order valence-electron chi connectivity index (χ4n) is 2.36. The normalized spacial score (nSPS) is 15.9. The zero-order valence-corrected chi connectivity index (χ0v) is 11.9. The summed E-state index contributed by atoms with van der Waals surface area (Å²) >= 11 is 0. The van der Waals surface area contributed by atoms with Gasteiger partial charge >= 0.3 is 6.09 Å². The lowest BCUT2D eigenvalue weighted by Crippen LogP contribution is -2.42. The van der Waals surface area contributed by atoms with Crippen molar-refractivity contribution in [1.29, 1.82) is 0 Å². The van der Waals surface area contributed by atoms with Crippen LogP contribution in [0.4, 0.5) is 25.0 Å². The van der Waals surface area contributed by atoms with E-state index in [0.29, 0.717) is 32.5 Å². The number of nitrogens with two attached hydrogens (primary N) is 1. The molecule has 2 rings (SSSR count). The van der Waals surface area contributed by atoms with Crippen LogP contribution in [0.3, 0.4) is 0 Å². The monoisotopic (exact) mass is 299 g/mol. The van der Waals surface area contributed by atoms with Crippen LogP contribution in [0.25, 0.3) is 0 Å². The summed E-state index contributed by atoms with van der Waals surface area (Å²) in [6.45, 7) is 3.07. The van der Waals surface area contributed by atoms with Gasteiger partial charge in [0.15, 0.2) is 11.6 Å². The average Bonchev–Trinajstić information content (AvgIpc) is 2.43. The molecule has 5 nitrogen and oxygen atoms in total. The summed E-state index contributed by atoms with van der Waals surface area (Å²) < 4.78 is 32.3. The summed E-state index contributed by atoms with van der Waals surface area (Å²) in [5.41, 5.74) is 5.26. The minimum absolute atomic E-state index is 0.0488. The van der Waals surface area contributed by atoms with Crippen molar-refractivity contribution in [2.75, 3.05) is 30.7 Å². The van der Waals surface area contributed by atoms with Crippen LogP contribution in [-0.4, -0.2) is 36.7 Å². The number of likely N-dealkylation sites (tertiary alicyclic amines) is 1. The van der Waals surface area contributed by atoms with Gasteiger partial charge in [0, 0.05) is 24.8 Å². The molecule has 116 valence electrons. The van der Waals surface area contributed by atoms with Gasteiger partial charge in [0.2, 0.25) is 0 Å². The number of piperidine rings is 1. The molecule has 1 aliphatic rings. The van der Waals surface area contributed by atoms with Crippen molar-refractivity contribution in [3.8, 4) is 0 Å². The van der Waals surface area contributed by atoms with Crippen molar-refractivity contribution in [2.24, 2.45) is 0 Å². The highest BCUT2D eigenvalue weighted by atomic mass is 19.1. The molecule has 0 saturated carbocycles. The summed E-state index contributed by atoms with van der Waals surface area (Å²) in [7, 11) is 0. The van der Waals surface area contributed by atoms with E-state index >= 15 is 0 Å². The van der Waals surface area contributed by atoms with E-state index in [1.54, 1.807) is 11.8 Å². The first kappa shape index (κ1) is 15.3. The molecular weight excluding hydrogens is 280 g/mol. The topological polar surface area (TPSA) is 67.6 Å². The number of hydrogen-bond donors (Lipinski definition) is 2. The number of carbonyl (C=O) groups excluding carboxylic acids is 1. The first-order chi connectivity index (χ1) is 10.0. The summed E-state index contributed by atoms with van der Waals surface area (Å²) in [6.07, 6.45) is 0.852. The predicted molar refractivity (Wildman–Crippen MR) is 76.0 cm³/mol. The molecule has 7 heteroatoms. The Bertz CT molecular complexity index is 494. The third-order valence-corrected chi connectivity index (χ3v) is 3.43. The van der Waals surface area contributed by atoms with Gasteiger partial charge in [-0.15, -0.1) is 0 Å². The maximum absolute atomic E-state index is 13.7. The van der Waals surface area contributed by atoms with E-state index in [2.05, 4.69) is 5.32 Å². The fraction of sp³-hybridized carbons (Fsp3) is 0.500. The van der Waals surface area contributed by atoms with Gasteiger partial charge in [-0.2, -0.15) is 0 Å². The second-order valence-electron chi connectivity index (χ2n) is 4.96. The van der Waals surface area contributed by atoms with Gasteiger partial charge < -0.3 is 20.7 Å². The molecule has 0 atom stereocenters. The lowest BCUT2D eigenvalue weighted by atomic mass is 10.0. The smallest absolute Gasteiger partial charge is 0.409 e. The molecule has 1 aromatic carbocycles. The molecule has 1 amide bonds. The molecular formula is C14H19F2N3O2. The number of ether oxygens (including phenoxy) is 1. The number of nitrogens with zero attached hydrogens (tertiary/aromatic N) is 1. The van der Waals surface area contributed by atoms with Crippen LogP contribution < -0.4 is 11.1 Å². The largest absolute Gasteiger partial charge is 0.450 e. The van der Waals surface area contributed by atoms with Gasteiger partial charge in [0.25, 0.3) is 0 Å². The molecule has 1 heterocycles. The van der Waals surface area contributed by atoms with E-state index in [4.69, 9.17) is 10.5 Å². The molecule has 0 radical (unpaired) electrons. The van der Waals surface area contributed by atoms with Gasteiger partial charge in [-0.05, 0) is 31.9 Å². The molecule has 0 spiro atoms. The molecule has 1 aromatic rings. The SMILES string of the molecule is CCOC(=O)N1CCC(Nc2c(F)cc(N)cc2F)CC1. The number of halogens is 2. The third kappa shape index (κ3) is 3.74. The predicted octanol–water partition coefficient (Wildman–Crippen LogP) is 2.58. The Morgan fingerprint density at radius 3 is 2.48 bits per heavy atom. The average molecular weight is 299 g/mol. The highest BCUT2D eigenvalue weighted by molar-refractivity contribution is 5.67. The number of rotatable bonds is 3. The van der Waals surface area contributed by atoms with Crippen LogP contribution in [0.2, 0.25) is 0 Å². The van der Waals surface area contributed by atoms with E-state index in [1.807, 2.05) is 0 Å². The lowest BCUT2D eigenvalue weighted by molar-refractivity contribution is 0.0983. The third-order valence-electron chi connectivity index (χ3n) is 3.43. The van der Waals surface area contributed by atoms with E-state index in [0.717, 1.165) is 12.1 Å². The molecule has 1 fully saturated rings. The van der Waals surface area contributed by atoms with Crippen LogP contribution in [0.5, 0.6) is 0 Å². The van der Waals surface area contributed by atoms with Crippen molar-refractivity contribution < 1.29 is 18.3 Å². The molecule has 0 aromatic heterocycles. The number of hydrogen-bond acceptors (Lipinski definition) is 4. The van der Waals surface area contributed by atoms with E-state index in [9.17, 15) is 13.6 Å². The number of nitrogens with one attached hydrogen (secondary N) is 1. The van der Waals surface area contributed by atoms with Crippen LogP contribution in [-0.2, 0) is 4.74 Å². The zero-order chi connectivity index (χ0) is 15.4. The summed E-state index contributed by atoms with van der Waals surface area (Å²) in [5.74, 6) is -1.42. The van der Waals surface area contributed by atoms with Crippen molar-refractivity contribution in [1.82, 2.24) is 4.90 Å². The lowest BCUT2D eigenvalue weighted by Gasteiger charge is -2.32. The Labute approximate surface area is 122 Å². The first-order valence-corrected chi connectivity index (χ1v) is 6.94. The minimum Gasteiger partial charge on any atom is -0.450 e. The number of anilines is 2. The van der Waals surface area contributed by atoms with Gasteiger partial charge in [-0.25, -0.2) is 13.6 Å². The Morgan fingerprint density at radius 2 is 1.95 bits per heavy atom. The summed E-state index contributed by atoms with van der Waals surface area (Å²) in [5, 5.41) is 2.85. The van der Waals surface area contributed by atoms with E-state index in [1.165, 1.54) is 0 Å². The molecule has 3 N–H and O–H groups in total. The minimum atomic E-state index is -0.708. The fourth-order valence-corrected chi connectivity index (χ4v) is 2.36. The molecule has 0 aliphatic carbocycles. The summed E-state index contributed by atoms with van der Waals surface area (Å²) in [4.78, 5) is 13.2. The van der Waals surface area contributed by atoms with Crippen LogP contribution in [0.15, 0.2) is 12.1 Å². The Balaban J connectivity index is 1.94.